The van der Waals surface area contributed by atoms with Gasteiger partial charge in [-0.2, -0.15) is 105 Å². The number of carbonyl (C=O) groups excluding carboxylic acids is 1. The van der Waals surface area contributed by atoms with Gasteiger partial charge in [0, 0.05) is 13.0 Å². The van der Waals surface area contributed by atoms with Crippen LogP contribution in [0.4, 0.5) is 101 Å². The minimum Gasteiger partial charge on any atom is -0.544 e. The summed E-state index contributed by atoms with van der Waals surface area (Å²) in [5.41, 5.74) is 0. The van der Waals surface area contributed by atoms with Crippen molar-refractivity contribution in [3.05, 3.63) is 0 Å². The summed E-state index contributed by atoms with van der Waals surface area (Å²) in [6.07, 6.45) is -9.39. The summed E-state index contributed by atoms with van der Waals surface area (Å²) in [5, 5.41) is 11.2. The minimum atomic E-state index is -9.68. The largest absolute Gasteiger partial charge is 0.544 e. The van der Waals surface area contributed by atoms with E-state index in [0.29, 0.717) is 0 Å². The summed E-state index contributed by atoms with van der Waals surface area (Å²) in [6, 6.07) is 0. The number of nitrogens with zero attached hydrogens (tertiary/aromatic N) is 2. The molecule has 0 fully saturated rings. The van der Waals surface area contributed by atoms with Gasteiger partial charge in [0.15, 0.2) is 0 Å². The fourth-order valence-electron chi connectivity index (χ4n) is 3.60. The molecule has 0 amide bonds. The molecule has 0 spiro atoms. The molecule has 0 aliphatic carbocycles. The lowest BCUT2D eigenvalue weighted by Crippen LogP contribution is -2.78. The van der Waals surface area contributed by atoms with Gasteiger partial charge in [-0.1, -0.05) is 0 Å². The van der Waals surface area contributed by atoms with Crippen LogP contribution in [0.1, 0.15) is 6.42 Å². The van der Waals surface area contributed by atoms with Gasteiger partial charge in [-0.15, -0.1) is 0 Å². The normalized spacial score (nSPS) is 16.0. The summed E-state index contributed by atoms with van der Waals surface area (Å²) in [5.74, 6) is -88.7. The van der Waals surface area contributed by atoms with Gasteiger partial charge in [-0.25, -0.2) is 8.42 Å². The van der Waals surface area contributed by atoms with Gasteiger partial charge in [0.05, 0.1) is 26.6 Å². The van der Waals surface area contributed by atoms with Crippen molar-refractivity contribution in [2.75, 3.05) is 40.3 Å². The van der Waals surface area contributed by atoms with Gasteiger partial charge >= 0.3 is 70.7 Å². The number of hydrogen-bond donors (Lipinski definition) is 1. The first kappa shape index (κ1) is 49.2. The average molecular weight is 850 g/mol. The van der Waals surface area contributed by atoms with Gasteiger partial charge in [0.25, 0.3) is 10.0 Å². The molecule has 8 nitrogen and oxygen atoms in total. The van der Waals surface area contributed by atoms with Crippen LogP contribution in [0.5, 0.6) is 0 Å². The first-order chi connectivity index (χ1) is 22.2. The van der Waals surface area contributed by atoms with E-state index in [4.69, 9.17) is 5.11 Å². The van der Waals surface area contributed by atoms with E-state index in [1.807, 2.05) is 0 Å². The lowest BCUT2D eigenvalue weighted by molar-refractivity contribution is -0.884. The van der Waals surface area contributed by atoms with E-state index in [9.17, 15) is 124 Å². The van der Waals surface area contributed by atoms with Crippen LogP contribution < -0.4 is 5.11 Å². The number of sulfonamides is 1. The molecule has 0 saturated heterocycles. The Morgan fingerprint density at radius 2 is 0.865 bits per heavy atom. The Hall–Kier alpha value is -2.80. The van der Waals surface area contributed by atoms with E-state index >= 15 is 0 Å². The fraction of sp³-hybridized carbons (Fsp3) is 0.900. The summed E-state index contributed by atoms with van der Waals surface area (Å²) < 4.78 is 336. The predicted molar refractivity (Wildman–Crippen MR) is 115 cm³/mol. The molecular formula is C20H17F23N2O6S. The number of carboxylic acid groups (broad SMARTS) is 2. The highest BCUT2D eigenvalue weighted by molar-refractivity contribution is 7.90. The molecule has 310 valence electrons. The molecule has 0 aromatic rings. The summed E-state index contributed by atoms with van der Waals surface area (Å²) in [4.78, 5) is 21.6. The van der Waals surface area contributed by atoms with E-state index < -0.39 is 128 Å². The number of rotatable bonds is 19. The first-order valence-corrected chi connectivity index (χ1v) is 13.7. The van der Waals surface area contributed by atoms with E-state index in [0.717, 1.165) is 14.1 Å². The number of carboxylic acids is 2. The second-order valence-electron chi connectivity index (χ2n) is 11.0. The van der Waals surface area contributed by atoms with Crippen LogP contribution in [-0.4, -0.2) is 139 Å². The van der Waals surface area contributed by atoms with E-state index in [-0.39, 0.29) is 0 Å². The van der Waals surface area contributed by atoms with Crippen LogP contribution in [0.15, 0.2) is 0 Å². The molecular weight excluding hydrogens is 833 g/mol. The van der Waals surface area contributed by atoms with Crippen molar-refractivity contribution in [2.45, 2.75) is 71.2 Å². The van der Waals surface area contributed by atoms with Crippen molar-refractivity contribution >= 4 is 22.0 Å². The van der Waals surface area contributed by atoms with Crippen molar-refractivity contribution in [1.29, 1.82) is 0 Å². The molecule has 0 aromatic heterocycles. The molecule has 0 bridgehead atoms. The lowest BCUT2D eigenvalue weighted by Gasteiger charge is -2.45. The highest BCUT2D eigenvalue weighted by Gasteiger charge is 2.99. The number of halogens is 23. The third-order valence-electron chi connectivity index (χ3n) is 6.58. The molecule has 0 radical (unpaired) electrons. The Morgan fingerprint density at radius 3 is 1.13 bits per heavy atom. The monoisotopic (exact) mass is 850 g/mol. The molecule has 0 heterocycles. The maximum absolute atomic E-state index is 14.6. The van der Waals surface area contributed by atoms with Crippen molar-refractivity contribution in [3.63, 3.8) is 0 Å². The Labute approximate surface area is 272 Å². The Bertz CT molecular complexity index is 1440. The van der Waals surface area contributed by atoms with Crippen LogP contribution in [0, 0.1) is 0 Å². The van der Waals surface area contributed by atoms with E-state index in [2.05, 4.69) is 0 Å². The SMILES string of the molecule is C[N+](C)(CCCN(CC(=O)O)S(=O)(=O)C(F)(F)C(F)(F)C(F)(F)C(F)(F)C(F)(F)C(F)(F)C(F)(F)C(F)(F)C(F)(F)C(F)(F)C(F)(F)F)CC(=O)[O-]. The smallest absolute Gasteiger partial charge is 0.460 e. The molecule has 0 aliphatic heterocycles. The molecule has 32 heteroatoms. The van der Waals surface area contributed by atoms with Crippen molar-refractivity contribution in [1.82, 2.24) is 4.31 Å². The van der Waals surface area contributed by atoms with Crippen LogP contribution in [0.2, 0.25) is 0 Å². The lowest BCUT2D eigenvalue weighted by atomic mass is 9.86. The number of aliphatic carboxylic acids is 2. The highest BCUT2D eigenvalue weighted by atomic mass is 32.2. The molecule has 0 rings (SSSR count). The fourth-order valence-corrected chi connectivity index (χ4v) is 5.03. The topological polar surface area (TPSA) is 115 Å². The highest BCUT2D eigenvalue weighted by Crippen LogP contribution is 2.67. The van der Waals surface area contributed by atoms with Crippen LogP contribution in [0.25, 0.3) is 0 Å². The molecule has 0 unspecified atom stereocenters. The second kappa shape index (κ2) is 13.5. The Morgan fingerprint density at radius 1 is 0.577 bits per heavy atom. The maximum atomic E-state index is 14.6. The summed E-state index contributed by atoms with van der Waals surface area (Å²) in [6.45, 7) is -6.38. The first-order valence-electron chi connectivity index (χ1n) is 12.3. The molecule has 0 aromatic carbocycles. The number of alkyl halides is 23. The number of hydrogen-bond acceptors (Lipinski definition) is 5. The van der Waals surface area contributed by atoms with Crippen LogP contribution >= 0.6 is 0 Å². The van der Waals surface area contributed by atoms with Gasteiger partial charge in [-0.05, 0) is 0 Å². The van der Waals surface area contributed by atoms with Gasteiger partial charge in [0.1, 0.15) is 13.1 Å². The molecule has 1 N–H and O–H groups in total. The Kier molecular flexibility index (Phi) is 12.8. The maximum Gasteiger partial charge on any atom is 0.460 e. The van der Waals surface area contributed by atoms with Crippen molar-refractivity contribution in [2.24, 2.45) is 0 Å². The zero-order valence-electron chi connectivity index (χ0n) is 24.5. The standard InChI is InChI=1S/C20H17F23N2O6S/c1-45(2,7-9(48)49)5-3-4-44(6-8(46)47)52(50,51)20(42,43)18(37,38)16(33,34)14(29,30)12(25,26)10(21,22)11(23,24)13(27,28)15(31,32)17(35,36)19(39,40)41/h3-7H2,1-2H3,(H-,46,47,48,49). The second-order valence-corrected chi connectivity index (χ2v) is 12.9. The molecule has 0 saturated carbocycles. The molecule has 0 aliphatic rings. The van der Waals surface area contributed by atoms with Crippen molar-refractivity contribution < 1.29 is 134 Å². The molecule has 0 atom stereocenters. The van der Waals surface area contributed by atoms with E-state index in [1.54, 1.807) is 0 Å². The quantitative estimate of drug-likeness (QED) is 0.148. The predicted octanol–water partition coefficient (Wildman–Crippen LogP) is 4.79. The average Bonchev–Trinajstić information content (AvgIpc) is 2.89. The van der Waals surface area contributed by atoms with Gasteiger partial charge in [-0.3, -0.25) is 4.79 Å². The van der Waals surface area contributed by atoms with Gasteiger partial charge in [0.2, 0.25) is 0 Å². The number of quaternary nitrogens is 1. The number of carbonyl (C=O) groups is 2. The zero-order chi connectivity index (χ0) is 42.8. The summed E-state index contributed by atoms with van der Waals surface area (Å²) in [7, 11) is -6.24. The minimum absolute atomic E-state index is 0.829. The Balaban J connectivity index is 7.33. The van der Waals surface area contributed by atoms with Crippen LogP contribution in [0.3, 0.4) is 0 Å². The summed E-state index contributed by atoms with van der Waals surface area (Å²) >= 11 is 0. The third kappa shape index (κ3) is 7.21. The van der Waals surface area contributed by atoms with Crippen molar-refractivity contribution in [3.8, 4) is 0 Å². The number of likely N-dealkylation sites (N-methyl/N-ethyl adjacent to an activating group) is 1. The molecule has 52 heavy (non-hydrogen) atoms. The zero-order valence-corrected chi connectivity index (χ0v) is 25.3. The van der Waals surface area contributed by atoms with Crippen LogP contribution in [-0.2, 0) is 19.6 Å². The van der Waals surface area contributed by atoms with E-state index in [1.165, 1.54) is 0 Å². The van der Waals surface area contributed by atoms with Gasteiger partial charge < -0.3 is 19.5 Å². The third-order valence-corrected chi connectivity index (χ3v) is 8.48.